The van der Waals surface area contributed by atoms with Crippen LogP contribution in [0.3, 0.4) is 0 Å². The van der Waals surface area contributed by atoms with Gasteiger partial charge in [0.1, 0.15) is 22.3 Å². The maximum atomic E-state index is 7.29. The molecular formula is C68H46N2O2. The fourth-order valence-corrected chi connectivity index (χ4v) is 12.9. The molecule has 0 radical (unpaired) electrons. The first-order chi connectivity index (χ1) is 35.7. The summed E-state index contributed by atoms with van der Waals surface area (Å²) in [7, 11) is 0. The Bertz CT molecular complexity index is 4160. The van der Waals surface area contributed by atoms with E-state index < -0.39 is 0 Å². The lowest BCUT2D eigenvalue weighted by molar-refractivity contribution is 0.653. The van der Waals surface area contributed by atoms with Crippen LogP contribution in [-0.4, -0.2) is 0 Å². The number of hydrogen-bond donors (Lipinski definition) is 0. The summed E-state index contributed by atoms with van der Waals surface area (Å²) in [5.41, 5.74) is 16.1. The molecule has 4 nitrogen and oxygen atoms in total. The van der Waals surface area contributed by atoms with E-state index in [0.29, 0.717) is 0 Å². The molecule has 0 amide bonds. The molecule has 16 rings (SSSR count). The van der Waals surface area contributed by atoms with Gasteiger partial charge in [-0.3, -0.25) is 0 Å². The minimum atomic E-state index is 0.931. The van der Waals surface area contributed by atoms with Crippen LogP contribution in [0, 0.1) is 0 Å². The normalized spacial score (nSPS) is 13.5. The first kappa shape index (κ1) is 39.9. The molecule has 2 aliphatic carbocycles. The fraction of sp³-hybridized carbons (Fsp3) is 0.0882. The summed E-state index contributed by atoms with van der Waals surface area (Å²) in [6, 6.07) is 75.5. The molecule has 2 heterocycles. The number of aryl methyl sites for hydroxylation is 4. The summed E-state index contributed by atoms with van der Waals surface area (Å²) in [5.74, 6) is 0. The van der Waals surface area contributed by atoms with Crippen molar-refractivity contribution in [1.82, 2.24) is 0 Å². The smallest absolute Gasteiger partial charge is 0.139 e. The van der Waals surface area contributed by atoms with Gasteiger partial charge in [-0.15, -0.1) is 0 Å². The van der Waals surface area contributed by atoms with E-state index in [1.807, 2.05) is 0 Å². The molecule has 2 aromatic heterocycles. The van der Waals surface area contributed by atoms with Gasteiger partial charge in [0.2, 0.25) is 0 Å². The molecule has 0 saturated carbocycles. The minimum Gasteiger partial charge on any atom is -0.456 e. The molecule has 72 heavy (non-hydrogen) atoms. The van der Waals surface area contributed by atoms with Crippen LogP contribution in [0.1, 0.15) is 35.1 Å². The molecule has 0 unspecified atom stereocenters. The third kappa shape index (κ3) is 5.93. The highest BCUT2D eigenvalue weighted by Crippen LogP contribution is 2.52. The lowest BCUT2D eigenvalue weighted by atomic mass is 9.77. The molecule has 0 bridgehead atoms. The molecule has 0 spiro atoms. The highest BCUT2D eigenvalue weighted by atomic mass is 16.3. The van der Waals surface area contributed by atoms with E-state index in [1.54, 1.807) is 0 Å². The van der Waals surface area contributed by atoms with Gasteiger partial charge in [0.25, 0.3) is 0 Å². The van der Waals surface area contributed by atoms with Crippen molar-refractivity contribution in [2.75, 3.05) is 9.80 Å². The second-order valence-electron chi connectivity index (χ2n) is 20.1. The van der Waals surface area contributed by atoms with Gasteiger partial charge in [0.15, 0.2) is 0 Å². The molecule has 0 N–H and O–H groups in total. The van der Waals surface area contributed by atoms with Gasteiger partial charge in [0.05, 0.1) is 0 Å². The number of hydrogen-bond acceptors (Lipinski definition) is 4. The predicted molar refractivity (Wildman–Crippen MR) is 302 cm³/mol. The lowest BCUT2D eigenvalue weighted by Crippen LogP contribution is -2.10. The Balaban J connectivity index is 0.885. The van der Waals surface area contributed by atoms with Crippen molar-refractivity contribution >= 4 is 132 Å². The zero-order valence-corrected chi connectivity index (χ0v) is 39.6. The zero-order chi connectivity index (χ0) is 47.0. The molecule has 0 aliphatic heterocycles. The average Bonchev–Trinajstić information content (AvgIpc) is 4.02. The Labute approximate surface area is 415 Å². The van der Waals surface area contributed by atoms with Crippen molar-refractivity contribution < 1.29 is 8.83 Å². The summed E-state index contributed by atoms with van der Waals surface area (Å²) in [6.07, 6.45) is 6.13. The van der Waals surface area contributed by atoms with Crippen molar-refractivity contribution in [1.29, 1.82) is 0 Å². The van der Waals surface area contributed by atoms with Crippen LogP contribution in [0.25, 0.3) is 97.7 Å². The van der Waals surface area contributed by atoms with Crippen molar-refractivity contribution in [2.45, 2.75) is 38.5 Å². The first-order valence-corrected chi connectivity index (χ1v) is 25.6. The zero-order valence-electron chi connectivity index (χ0n) is 39.6. The quantitative estimate of drug-likeness (QED) is 0.166. The SMILES string of the molecule is c1ccc2cc(N(c3ccc4ccccc4c3)c3ccc4c(c3)oc3c5c6c(c7c(oc8cc(N(c9ccc%10ccccc%10c9)c9ccc%10ccccc%10c9)ccc87)c7c6c(c34)CCC7)CCC5)ccc2c1. The van der Waals surface area contributed by atoms with E-state index in [4.69, 9.17) is 8.83 Å². The molecule has 340 valence electrons. The maximum absolute atomic E-state index is 7.29. The molecule has 0 saturated heterocycles. The maximum Gasteiger partial charge on any atom is 0.139 e. The molecule has 4 heteroatoms. The minimum absolute atomic E-state index is 0.931. The van der Waals surface area contributed by atoms with E-state index >= 15 is 0 Å². The molecular weight excluding hydrogens is 877 g/mol. The van der Waals surface area contributed by atoms with E-state index in [0.717, 1.165) is 95.0 Å². The largest absolute Gasteiger partial charge is 0.456 e. The number of benzene rings is 12. The number of furan rings is 2. The predicted octanol–water partition coefficient (Wildman–Crippen LogP) is 19.2. The third-order valence-electron chi connectivity index (χ3n) is 16.1. The Morgan fingerprint density at radius 1 is 0.264 bits per heavy atom. The third-order valence-corrected chi connectivity index (χ3v) is 16.1. The Hall–Kier alpha value is -8.86. The number of nitrogens with zero attached hydrogens (tertiary/aromatic N) is 2. The van der Waals surface area contributed by atoms with Crippen LogP contribution >= 0.6 is 0 Å². The van der Waals surface area contributed by atoms with Crippen molar-refractivity contribution in [2.24, 2.45) is 0 Å². The van der Waals surface area contributed by atoms with Gasteiger partial charge >= 0.3 is 0 Å². The van der Waals surface area contributed by atoms with Gasteiger partial charge in [-0.25, -0.2) is 0 Å². The monoisotopic (exact) mass is 922 g/mol. The highest BCUT2D eigenvalue weighted by Gasteiger charge is 2.32. The van der Waals surface area contributed by atoms with E-state index in [-0.39, 0.29) is 0 Å². The summed E-state index contributed by atoms with van der Waals surface area (Å²) >= 11 is 0. The van der Waals surface area contributed by atoms with Crippen LogP contribution in [-0.2, 0) is 25.7 Å². The van der Waals surface area contributed by atoms with Crippen LogP contribution in [0.5, 0.6) is 0 Å². The van der Waals surface area contributed by atoms with Gasteiger partial charge in [0, 0.05) is 78.9 Å². The second kappa shape index (κ2) is 15.3. The lowest BCUT2D eigenvalue weighted by Gasteiger charge is -2.26. The Morgan fingerprint density at radius 3 is 0.903 bits per heavy atom. The summed E-state index contributed by atoms with van der Waals surface area (Å²) in [6.45, 7) is 0. The van der Waals surface area contributed by atoms with Crippen LogP contribution in [0.4, 0.5) is 34.1 Å². The van der Waals surface area contributed by atoms with Crippen LogP contribution in [0.2, 0.25) is 0 Å². The molecule has 2 aliphatic rings. The molecule has 0 fully saturated rings. The van der Waals surface area contributed by atoms with E-state index in [2.05, 4.69) is 216 Å². The summed E-state index contributed by atoms with van der Waals surface area (Å²) in [4.78, 5) is 4.78. The number of rotatable bonds is 6. The average molecular weight is 923 g/mol. The van der Waals surface area contributed by atoms with Gasteiger partial charge in [-0.2, -0.15) is 0 Å². The van der Waals surface area contributed by atoms with E-state index in [1.165, 1.54) is 97.7 Å². The Morgan fingerprint density at radius 2 is 0.556 bits per heavy atom. The first-order valence-electron chi connectivity index (χ1n) is 25.6. The van der Waals surface area contributed by atoms with Crippen molar-refractivity contribution in [3.05, 3.63) is 229 Å². The molecule has 12 aromatic carbocycles. The standard InChI is InChI=1S/C68H46N2O2/c1-5-15-45-35-49(27-23-41(45)11-1)69(50-28-24-42-12-2-6-16-46(42)36-50)53-31-33-55-61(39-53)71-67-59-21-10-20-58-64(59)63-57(65(55)67)19-9-22-60(63)68-66(58)56-34-32-54(40-62(56)72-68)70(51-29-25-43-13-3-7-17-47(43)37-51)52-30-26-44-14-4-8-18-48(44)38-52/h1-8,11-18,23-40H,9-10,19-22H2. The van der Waals surface area contributed by atoms with Crippen LogP contribution < -0.4 is 9.80 Å². The second-order valence-corrected chi connectivity index (χ2v) is 20.1. The van der Waals surface area contributed by atoms with Crippen molar-refractivity contribution in [3.63, 3.8) is 0 Å². The molecule has 14 aromatic rings. The fourth-order valence-electron chi connectivity index (χ4n) is 12.9. The van der Waals surface area contributed by atoms with Gasteiger partial charge in [-0.1, -0.05) is 121 Å². The Kier molecular flexibility index (Phi) is 8.50. The highest BCUT2D eigenvalue weighted by molar-refractivity contribution is 6.23. The van der Waals surface area contributed by atoms with Gasteiger partial charge in [-0.05, 0) is 176 Å². The van der Waals surface area contributed by atoms with Crippen molar-refractivity contribution in [3.8, 4) is 0 Å². The summed E-state index contributed by atoms with van der Waals surface area (Å²) < 4.78 is 14.6. The molecule has 0 atom stereocenters. The number of fused-ring (bicyclic) bond motifs is 14. The summed E-state index contributed by atoms with van der Waals surface area (Å²) in [5, 5.41) is 17.6. The van der Waals surface area contributed by atoms with Crippen LogP contribution in [0.15, 0.2) is 215 Å². The van der Waals surface area contributed by atoms with E-state index in [9.17, 15) is 0 Å². The topological polar surface area (TPSA) is 32.8 Å². The number of anilines is 6. The van der Waals surface area contributed by atoms with Gasteiger partial charge < -0.3 is 18.6 Å².